The minimum Gasteiger partial charge on any atom is -0.243 e. The van der Waals surface area contributed by atoms with Crippen LogP contribution in [0.5, 0.6) is 0 Å². The van der Waals surface area contributed by atoms with Crippen molar-refractivity contribution in [2.75, 3.05) is 0 Å². The van der Waals surface area contributed by atoms with Gasteiger partial charge in [0.1, 0.15) is 12.7 Å². The highest BCUT2D eigenvalue weighted by atomic mass is 19.4. The van der Waals surface area contributed by atoms with Crippen LogP contribution in [-0.4, -0.2) is 35.6 Å². The van der Waals surface area contributed by atoms with Gasteiger partial charge in [-0.25, -0.2) is 14.8 Å². The number of alkyl halides is 3. The molecule has 10 heteroatoms. The number of carbonyl (C=O) groups excluding carboxylic acids is 1. The predicted octanol–water partition coefficient (Wildman–Crippen LogP) is 1.99. The molecule has 2 rings (SSSR count). The fourth-order valence-electron chi connectivity index (χ4n) is 1.62. The fourth-order valence-corrected chi connectivity index (χ4v) is 1.62. The first kappa shape index (κ1) is 15.1. The summed E-state index contributed by atoms with van der Waals surface area (Å²) in [5, 5.41) is 7.16. The van der Waals surface area contributed by atoms with Crippen LogP contribution in [0.2, 0.25) is 0 Å². The smallest absolute Gasteiger partial charge is 0.243 e. The Labute approximate surface area is 117 Å². The van der Waals surface area contributed by atoms with Crippen molar-refractivity contribution in [2.24, 2.45) is 5.41 Å². The van der Waals surface area contributed by atoms with Gasteiger partial charge >= 0.3 is 12.2 Å². The Hall–Kier alpha value is -2.26. The van der Waals surface area contributed by atoms with Crippen molar-refractivity contribution in [3.8, 4) is 0 Å². The van der Waals surface area contributed by atoms with Gasteiger partial charge in [-0.15, -0.1) is 5.10 Å². The minimum absolute atomic E-state index is 0.0525. The molecule has 2 aromatic heterocycles. The monoisotopic (exact) mass is 302 g/mol. The zero-order chi connectivity index (χ0) is 15.8. The van der Waals surface area contributed by atoms with Crippen LogP contribution in [0.4, 0.5) is 18.0 Å². The molecule has 2 aromatic rings. The largest absolute Gasteiger partial charge is 0.451 e. The Morgan fingerprint density at radius 2 is 1.95 bits per heavy atom. The van der Waals surface area contributed by atoms with E-state index in [1.165, 1.54) is 0 Å². The van der Waals surface area contributed by atoms with Gasteiger partial charge in [0.2, 0.25) is 5.82 Å². The standard InChI is InChI=1S/C11H13F3N6O/c1-10(2,3)4-7-17-8(11(12,13)14)20(18-7)9(21)19-6-15-5-16-19/h5-6H,4H2,1-3H3. The highest BCUT2D eigenvalue weighted by Crippen LogP contribution is 2.29. The van der Waals surface area contributed by atoms with E-state index in [4.69, 9.17) is 0 Å². The molecule has 0 unspecified atom stereocenters. The molecule has 2 heterocycles. The second-order valence-electron chi connectivity index (χ2n) is 5.62. The lowest BCUT2D eigenvalue weighted by molar-refractivity contribution is -0.146. The molecule has 0 saturated carbocycles. The number of halogens is 3. The molecular formula is C11H13F3N6O. The van der Waals surface area contributed by atoms with E-state index >= 15 is 0 Å². The summed E-state index contributed by atoms with van der Waals surface area (Å²) in [5.41, 5.74) is -0.314. The third kappa shape index (κ3) is 3.44. The lowest BCUT2D eigenvalue weighted by Gasteiger charge is -2.14. The molecule has 0 aliphatic carbocycles. The Morgan fingerprint density at radius 3 is 2.43 bits per heavy atom. The van der Waals surface area contributed by atoms with Crippen molar-refractivity contribution in [2.45, 2.75) is 33.4 Å². The van der Waals surface area contributed by atoms with Gasteiger partial charge in [0.05, 0.1) is 0 Å². The molecule has 0 aliphatic heterocycles. The Bertz CT molecular complexity index is 638. The summed E-state index contributed by atoms with van der Waals surface area (Å²) in [6.07, 6.45) is -2.56. The van der Waals surface area contributed by atoms with Crippen molar-refractivity contribution < 1.29 is 18.0 Å². The number of aromatic nitrogens is 6. The third-order valence-electron chi connectivity index (χ3n) is 2.39. The summed E-state index contributed by atoms with van der Waals surface area (Å²) >= 11 is 0. The molecule has 114 valence electrons. The van der Waals surface area contributed by atoms with Crippen molar-refractivity contribution in [3.63, 3.8) is 0 Å². The van der Waals surface area contributed by atoms with Crippen LogP contribution in [-0.2, 0) is 12.6 Å². The summed E-state index contributed by atoms with van der Waals surface area (Å²) < 4.78 is 39.8. The summed E-state index contributed by atoms with van der Waals surface area (Å²) in [6.45, 7) is 5.50. The lowest BCUT2D eigenvalue weighted by atomic mass is 9.92. The SMILES string of the molecule is CC(C)(C)Cc1nc(C(F)(F)F)n(C(=O)n2cncn2)n1. The van der Waals surface area contributed by atoms with E-state index in [0.29, 0.717) is 4.68 Å². The Morgan fingerprint density at radius 1 is 1.29 bits per heavy atom. The predicted molar refractivity (Wildman–Crippen MR) is 64.4 cm³/mol. The molecule has 0 atom stereocenters. The fraction of sp³-hybridized carbons (Fsp3) is 0.545. The van der Waals surface area contributed by atoms with Gasteiger partial charge in [-0.3, -0.25) is 0 Å². The van der Waals surface area contributed by atoms with E-state index in [1.807, 2.05) is 20.8 Å². The van der Waals surface area contributed by atoms with Crippen LogP contribution in [0, 0.1) is 5.41 Å². The third-order valence-corrected chi connectivity index (χ3v) is 2.39. The van der Waals surface area contributed by atoms with Crippen molar-refractivity contribution in [3.05, 3.63) is 24.3 Å². The van der Waals surface area contributed by atoms with Gasteiger partial charge in [0, 0.05) is 6.42 Å². The summed E-state index contributed by atoms with van der Waals surface area (Å²) in [6, 6.07) is -1.09. The second-order valence-corrected chi connectivity index (χ2v) is 5.62. The molecule has 0 aromatic carbocycles. The molecule has 0 fully saturated rings. The first-order chi connectivity index (χ1) is 9.58. The molecule has 0 radical (unpaired) electrons. The molecule has 0 saturated heterocycles. The van der Waals surface area contributed by atoms with Gasteiger partial charge in [-0.05, 0) is 5.41 Å². The van der Waals surface area contributed by atoms with Crippen LogP contribution in [0.1, 0.15) is 32.4 Å². The van der Waals surface area contributed by atoms with E-state index in [0.717, 1.165) is 12.7 Å². The van der Waals surface area contributed by atoms with Gasteiger partial charge in [0.15, 0.2) is 5.82 Å². The molecule has 7 nitrogen and oxygen atoms in total. The maximum Gasteiger partial charge on any atom is 0.451 e. The maximum atomic E-state index is 13.0. The minimum atomic E-state index is -4.79. The zero-order valence-corrected chi connectivity index (χ0v) is 11.6. The molecule has 0 aliphatic rings. The van der Waals surface area contributed by atoms with E-state index in [2.05, 4.69) is 20.2 Å². The number of nitrogens with zero attached hydrogens (tertiary/aromatic N) is 6. The normalized spacial score (nSPS) is 12.7. The van der Waals surface area contributed by atoms with Crippen LogP contribution < -0.4 is 0 Å². The van der Waals surface area contributed by atoms with Crippen molar-refractivity contribution >= 4 is 6.03 Å². The average Bonchev–Trinajstić information content (AvgIpc) is 2.92. The highest BCUT2D eigenvalue weighted by Gasteiger charge is 2.40. The van der Waals surface area contributed by atoms with Crippen LogP contribution in [0.25, 0.3) is 0 Å². The van der Waals surface area contributed by atoms with Crippen molar-refractivity contribution in [1.29, 1.82) is 0 Å². The summed E-state index contributed by atoms with van der Waals surface area (Å²) in [7, 11) is 0. The topological polar surface area (TPSA) is 78.5 Å². The van der Waals surface area contributed by atoms with Crippen LogP contribution in [0.15, 0.2) is 12.7 Å². The quantitative estimate of drug-likeness (QED) is 0.805. The number of hydrogen-bond donors (Lipinski definition) is 0. The zero-order valence-electron chi connectivity index (χ0n) is 11.6. The van der Waals surface area contributed by atoms with E-state index in [1.54, 1.807) is 0 Å². The molecule has 0 bridgehead atoms. The molecular weight excluding hydrogens is 289 g/mol. The lowest BCUT2D eigenvalue weighted by Crippen LogP contribution is -2.27. The molecule has 0 spiro atoms. The van der Waals surface area contributed by atoms with E-state index in [9.17, 15) is 18.0 Å². The number of rotatable bonds is 1. The Kier molecular flexibility index (Phi) is 3.56. The average molecular weight is 302 g/mol. The molecule has 21 heavy (non-hydrogen) atoms. The van der Waals surface area contributed by atoms with Gasteiger partial charge in [-0.1, -0.05) is 20.8 Å². The Balaban J connectivity index is 2.46. The molecule has 0 amide bonds. The van der Waals surface area contributed by atoms with E-state index in [-0.39, 0.29) is 22.3 Å². The van der Waals surface area contributed by atoms with Gasteiger partial charge in [-0.2, -0.15) is 27.6 Å². The number of carbonyl (C=O) groups is 1. The summed E-state index contributed by atoms with van der Waals surface area (Å²) in [4.78, 5) is 18.9. The van der Waals surface area contributed by atoms with Crippen LogP contribution >= 0.6 is 0 Å². The van der Waals surface area contributed by atoms with Crippen LogP contribution in [0.3, 0.4) is 0 Å². The summed E-state index contributed by atoms with van der Waals surface area (Å²) in [5.74, 6) is -1.43. The van der Waals surface area contributed by atoms with Gasteiger partial charge in [0.25, 0.3) is 0 Å². The van der Waals surface area contributed by atoms with Gasteiger partial charge < -0.3 is 0 Å². The molecule has 0 N–H and O–H groups in total. The van der Waals surface area contributed by atoms with E-state index < -0.39 is 18.0 Å². The highest BCUT2D eigenvalue weighted by molar-refractivity contribution is 5.77. The first-order valence-corrected chi connectivity index (χ1v) is 6.00. The number of hydrogen-bond acceptors (Lipinski definition) is 5. The second kappa shape index (κ2) is 4.93. The van der Waals surface area contributed by atoms with Crippen molar-refractivity contribution in [1.82, 2.24) is 29.5 Å². The first-order valence-electron chi connectivity index (χ1n) is 6.00. The maximum absolute atomic E-state index is 13.0.